The van der Waals surface area contributed by atoms with Gasteiger partial charge < -0.3 is 10.4 Å². The first kappa shape index (κ1) is 14.1. The first-order chi connectivity index (χ1) is 7.99. The highest BCUT2D eigenvalue weighted by Crippen LogP contribution is 2.21. The molecule has 0 amide bonds. The van der Waals surface area contributed by atoms with Crippen LogP contribution in [0.25, 0.3) is 0 Å². The molecule has 1 aromatic heterocycles. The smallest absolute Gasteiger partial charge is 0.140 e. The summed E-state index contributed by atoms with van der Waals surface area (Å²) >= 11 is 0. The van der Waals surface area contributed by atoms with E-state index in [1.807, 2.05) is 11.6 Å². The summed E-state index contributed by atoms with van der Waals surface area (Å²) in [6.45, 7) is 10.3. The molecule has 0 spiro atoms. The zero-order valence-corrected chi connectivity index (χ0v) is 11.3. The summed E-state index contributed by atoms with van der Waals surface area (Å²) in [5.41, 5.74) is 0.125. The van der Waals surface area contributed by atoms with E-state index >= 15 is 0 Å². The fourth-order valence-corrected chi connectivity index (χ4v) is 1.87. The van der Waals surface area contributed by atoms with Crippen LogP contribution in [0.5, 0.6) is 0 Å². The maximum Gasteiger partial charge on any atom is 0.140 e. The van der Waals surface area contributed by atoms with Crippen LogP contribution in [0.1, 0.15) is 39.9 Å². The van der Waals surface area contributed by atoms with Crippen molar-refractivity contribution in [3.63, 3.8) is 0 Å². The average molecular weight is 240 g/mol. The number of aryl methyl sites for hydroxylation is 1. The van der Waals surface area contributed by atoms with E-state index in [9.17, 15) is 0 Å². The summed E-state index contributed by atoms with van der Waals surface area (Å²) in [6.07, 6.45) is 2.34. The Kier molecular flexibility index (Phi) is 5.08. The number of aromatic nitrogens is 3. The minimum atomic E-state index is 0.125. The van der Waals surface area contributed by atoms with Crippen LogP contribution in [-0.2, 0) is 13.1 Å². The van der Waals surface area contributed by atoms with Crippen LogP contribution in [0, 0.1) is 5.41 Å². The van der Waals surface area contributed by atoms with Gasteiger partial charge in [-0.1, -0.05) is 20.8 Å². The molecule has 0 aliphatic rings. The van der Waals surface area contributed by atoms with Gasteiger partial charge in [-0.15, -0.1) is 0 Å². The molecule has 0 aliphatic heterocycles. The van der Waals surface area contributed by atoms with Crippen molar-refractivity contribution in [3.05, 3.63) is 12.2 Å². The second kappa shape index (κ2) is 6.12. The maximum absolute atomic E-state index is 9.08. The highest BCUT2D eigenvalue weighted by Gasteiger charge is 2.23. The van der Waals surface area contributed by atoms with Crippen LogP contribution in [0.2, 0.25) is 0 Å². The van der Waals surface area contributed by atoms with E-state index < -0.39 is 0 Å². The van der Waals surface area contributed by atoms with Gasteiger partial charge in [0.1, 0.15) is 12.2 Å². The number of nitrogens with one attached hydrogen (secondary N) is 1. The van der Waals surface area contributed by atoms with Crippen molar-refractivity contribution < 1.29 is 5.11 Å². The van der Waals surface area contributed by atoms with E-state index in [0.29, 0.717) is 6.54 Å². The number of hydrogen-bond acceptors (Lipinski definition) is 4. The monoisotopic (exact) mass is 240 g/mol. The van der Waals surface area contributed by atoms with Gasteiger partial charge in [0.25, 0.3) is 0 Å². The molecule has 98 valence electrons. The van der Waals surface area contributed by atoms with E-state index in [4.69, 9.17) is 5.11 Å². The van der Waals surface area contributed by atoms with Crippen molar-refractivity contribution >= 4 is 0 Å². The molecule has 0 aliphatic carbocycles. The van der Waals surface area contributed by atoms with Gasteiger partial charge in [-0.05, 0) is 18.8 Å². The van der Waals surface area contributed by atoms with E-state index in [1.165, 1.54) is 0 Å². The number of nitrogens with zero attached hydrogens (tertiary/aromatic N) is 3. The fraction of sp³-hybridized carbons (Fsp3) is 0.833. The van der Waals surface area contributed by atoms with Gasteiger partial charge in [-0.2, -0.15) is 5.10 Å². The molecule has 1 atom stereocenters. The lowest BCUT2D eigenvalue weighted by Gasteiger charge is -2.31. The Balaban J connectivity index is 2.58. The highest BCUT2D eigenvalue weighted by molar-refractivity contribution is 4.87. The largest absolute Gasteiger partial charge is 0.396 e. The fourth-order valence-electron chi connectivity index (χ4n) is 1.87. The SMILES string of the molecule is CCn1ncnc1CNC(CCO)C(C)(C)C. The Morgan fingerprint density at radius 2 is 2.18 bits per heavy atom. The molecule has 0 fully saturated rings. The predicted octanol–water partition coefficient (Wildman–Crippen LogP) is 1.18. The summed E-state index contributed by atoms with van der Waals surface area (Å²) in [6, 6.07) is 0.273. The maximum atomic E-state index is 9.08. The second-order valence-electron chi connectivity index (χ2n) is 5.30. The summed E-state index contributed by atoms with van der Waals surface area (Å²) in [5, 5.41) is 16.7. The first-order valence-corrected chi connectivity index (χ1v) is 6.20. The minimum absolute atomic E-state index is 0.125. The average Bonchev–Trinajstić information content (AvgIpc) is 2.69. The minimum Gasteiger partial charge on any atom is -0.396 e. The summed E-state index contributed by atoms with van der Waals surface area (Å²) in [4.78, 5) is 4.23. The summed E-state index contributed by atoms with van der Waals surface area (Å²) < 4.78 is 1.88. The van der Waals surface area contributed by atoms with Crippen LogP contribution < -0.4 is 5.32 Å². The molecule has 1 unspecified atom stereocenters. The van der Waals surface area contributed by atoms with Gasteiger partial charge >= 0.3 is 0 Å². The summed E-state index contributed by atoms with van der Waals surface area (Å²) in [5.74, 6) is 0.944. The molecule has 2 N–H and O–H groups in total. The lowest BCUT2D eigenvalue weighted by Crippen LogP contribution is -2.41. The Labute approximate surface area is 103 Å². The van der Waals surface area contributed by atoms with E-state index in [0.717, 1.165) is 18.8 Å². The van der Waals surface area contributed by atoms with Crippen molar-refractivity contribution in [2.24, 2.45) is 5.41 Å². The number of aliphatic hydroxyl groups is 1. The third-order valence-electron chi connectivity index (χ3n) is 2.96. The Bertz CT molecular complexity index is 329. The third-order valence-corrected chi connectivity index (χ3v) is 2.96. The molecule has 5 nitrogen and oxygen atoms in total. The molecule has 5 heteroatoms. The summed E-state index contributed by atoms with van der Waals surface area (Å²) in [7, 11) is 0. The van der Waals surface area contributed by atoms with Crippen molar-refractivity contribution in [2.75, 3.05) is 6.61 Å². The molecule has 0 aromatic carbocycles. The zero-order valence-electron chi connectivity index (χ0n) is 11.3. The predicted molar refractivity (Wildman–Crippen MR) is 67.5 cm³/mol. The van der Waals surface area contributed by atoms with Crippen LogP contribution in [0.3, 0.4) is 0 Å². The molecular formula is C12H24N4O. The van der Waals surface area contributed by atoms with Crippen LogP contribution >= 0.6 is 0 Å². The molecule has 1 rings (SSSR count). The van der Waals surface area contributed by atoms with E-state index in [1.54, 1.807) is 6.33 Å². The second-order valence-corrected chi connectivity index (χ2v) is 5.30. The lowest BCUT2D eigenvalue weighted by molar-refractivity contribution is 0.195. The molecule has 1 aromatic rings. The Morgan fingerprint density at radius 1 is 1.47 bits per heavy atom. The van der Waals surface area contributed by atoms with Crippen LogP contribution in [-0.4, -0.2) is 32.5 Å². The normalized spacial score (nSPS) is 13.9. The Hall–Kier alpha value is -0.940. The van der Waals surface area contributed by atoms with Gasteiger partial charge in [0.05, 0.1) is 6.54 Å². The molecule has 0 bridgehead atoms. The van der Waals surface area contributed by atoms with Crippen molar-refractivity contribution in [1.82, 2.24) is 20.1 Å². The quantitative estimate of drug-likeness (QED) is 0.784. The molecule has 0 saturated heterocycles. The Morgan fingerprint density at radius 3 is 2.71 bits per heavy atom. The number of hydrogen-bond donors (Lipinski definition) is 2. The van der Waals surface area contributed by atoms with Gasteiger partial charge in [0.15, 0.2) is 0 Å². The first-order valence-electron chi connectivity index (χ1n) is 6.20. The lowest BCUT2D eigenvalue weighted by atomic mass is 9.85. The van der Waals surface area contributed by atoms with Gasteiger partial charge in [0.2, 0.25) is 0 Å². The van der Waals surface area contributed by atoms with Crippen molar-refractivity contribution in [1.29, 1.82) is 0 Å². The van der Waals surface area contributed by atoms with E-state index in [2.05, 4.69) is 36.2 Å². The standard InChI is InChI=1S/C12H24N4O/c1-5-16-11(14-9-15-16)8-13-10(6-7-17)12(2,3)4/h9-10,13,17H,5-8H2,1-4H3. The third kappa shape index (κ3) is 4.09. The van der Waals surface area contributed by atoms with Crippen LogP contribution in [0.4, 0.5) is 0 Å². The highest BCUT2D eigenvalue weighted by atomic mass is 16.3. The van der Waals surface area contributed by atoms with Gasteiger partial charge in [-0.3, -0.25) is 0 Å². The number of rotatable bonds is 6. The molecule has 17 heavy (non-hydrogen) atoms. The topological polar surface area (TPSA) is 63.0 Å². The van der Waals surface area contributed by atoms with Gasteiger partial charge in [-0.25, -0.2) is 9.67 Å². The number of aliphatic hydroxyl groups excluding tert-OH is 1. The zero-order chi connectivity index (χ0) is 12.9. The van der Waals surface area contributed by atoms with Crippen molar-refractivity contribution in [3.8, 4) is 0 Å². The molecule has 0 saturated carbocycles. The van der Waals surface area contributed by atoms with Crippen molar-refractivity contribution in [2.45, 2.75) is 53.2 Å². The van der Waals surface area contributed by atoms with Gasteiger partial charge in [0, 0.05) is 19.2 Å². The molecular weight excluding hydrogens is 216 g/mol. The molecule has 0 radical (unpaired) electrons. The molecule has 1 heterocycles. The van der Waals surface area contributed by atoms with Crippen LogP contribution in [0.15, 0.2) is 6.33 Å². The van der Waals surface area contributed by atoms with E-state index in [-0.39, 0.29) is 18.1 Å².